The summed E-state index contributed by atoms with van der Waals surface area (Å²) in [5.41, 5.74) is 0. The van der Waals surface area contributed by atoms with Gasteiger partial charge in [0.2, 0.25) is 5.91 Å². The summed E-state index contributed by atoms with van der Waals surface area (Å²) < 4.78 is 5.02. The van der Waals surface area contributed by atoms with Crippen LogP contribution in [-0.4, -0.2) is 17.4 Å². The maximum absolute atomic E-state index is 10.5. The van der Waals surface area contributed by atoms with Gasteiger partial charge >= 0.3 is 0 Å². The number of hydrogen-bond donors (Lipinski definition) is 1. The maximum atomic E-state index is 10.5. The summed E-state index contributed by atoms with van der Waals surface area (Å²) in [4.78, 5) is 14.2. The molecule has 4 heteroatoms. The zero-order chi connectivity index (χ0) is 8.81. The smallest absolute Gasteiger partial charge is 0.216 e. The van der Waals surface area contributed by atoms with Gasteiger partial charge in [0.1, 0.15) is 5.76 Å². The first-order chi connectivity index (χ1) is 5.79. The SMILES string of the molecule is CC(=O)NCCCc1cnco1. The lowest BCUT2D eigenvalue weighted by Crippen LogP contribution is -2.21. The van der Waals surface area contributed by atoms with E-state index in [1.54, 1.807) is 6.20 Å². The molecule has 1 heterocycles. The van der Waals surface area contributed by atoms with Crippen LogP contribution >= 0.6 is 0 Å². The number of hydrogen-bond acceptors (Lipinski definition) is 3. The van der Waals surface area contributed by atoms with Gasteiger partial charge in [-0.25, -0.2) is 4.98 Å². The van der Waals surface area contributed by atoms with Crippen LogP contribution in [0.3, 0.4) is 0 Å². The van der Waals surface area contributed by atoms with Crippen molar-refractivity contribution in [1.29, 1.82) is 0 Å². The van der Waals surface area contributed by atoms with Gasteiger partial charge in [0.15, 0.2) is 6.39 Å². The van der Waals surface area contributed by atoms with Crippen LogP contribution in [0.1, 0.15) is 19.1 Å². The topological polar surface area (TPSA) is 55.1 Å². The van der Waals surface area contributed by atoms with Crippen molar-refractivity contribution >= 4 is 5.91 Å². The normalized spacial score (nSPS) is 9.75. The van der Waals surface area contributed by atoms with E-state index in [2.05, 4.69) is 10.3 Å². The molecule has 66 valence electrons. The van der Waals surface area contributed by atoms with Crippen LogP contribution < -0.4 is 5.32 Å². The molecule has 1 aromatic rings. The average molecular weight is 168 g/mol. The number of aromatic nitrogens is 1. The van der Waals surface area contributed by atoms with Gasteiger partial charge in [-0.3, -0.25) is 4.79 Å². The zero-order valence-corrected chi connectivity index (χ0v) is 7.04. The Morgan fingerprint density at radius 1 is 1.75 bits per heavy atom. The molecule has 0 fully saturated rings. The second kappa shape index (κ2) is 4.54. The molecule has 0 unspecified atom stereocenters. The van der Waals surface area contributed by atoms with Crippen molar-refractivity contribution in [1.82, 2.24) is 10.3 Å². The van der Waals surface area contributed by atoms with E-state index in [-0.39, 0.29) is 5.91 Å². The molecule has 0 bridgehead atoms. The molecule has 0 aromatic carbocycles. The maximum Gasteiger partial charge on any atom is 0.216 e. The van der Waals surface area contributed by atoms with Crippen molar-refractivity contribution in [3.63, 3.8) is 0 Å². The van der Waals surface area contributed by atoms with E-state index in [0.717, 1.165) is 18.6 Å². The van der Waals surface area contributed by atoms with Crippen LogP contribution in [0.25, 0.3) is 0 Å². The van der Waals surface area contributed by atoms with Gasteiger partial charge in [0.05, 0.1) is 6.20 Å². The predicted molar refractivity (Wildman–Crippen MR) is 43.5 cm³/mol. The number of oxazole rings is 1. The summed E-state index contributed by atoms with van der Waals surface area (Å²) in [6, 6.07) is 0. The number of nitrogens with zero attached hydrogens (tertiary/aromatic N) is 1. The molecular formula is C8H12N2O2. The Labute approximate surface area is 71.0 Å². The van der Waals surface area contributed by atoms with E-state index in [4.69, 9.17) is 4.42 Å². The zero-order valence-electron chi connectivity index (χ0n) is 7.04. The van der Waals surface area contributed by atoms with E-state index >= 15 is 0 Å². The molecule has 1 rings (SSSR count). The van der Waals surface area contributed by atoms with E-state index in [9.17, 15) is 4.79 Å². The van der Waals surface area contributed by atoms with E-state index in [1.165, 1.54) is 13.3 Å². The summed E-state index contributed by atoms with van der Waals surface area (Å²) in [5, 5.41) is 2.71. The predicted octanol–water partition coefficient (Wildman–Crippen LogP) is 0.743. The number of carbonyl (C=O) groups is 1. The molecule has 0 saturated heterocycles. The third kappa shape index (κ3) is 3.18. The highest BCUT2D eigenvalue weighted by molar-refractivity contribution is 5.72. The summed E-state index contributed by atoms with van der Waals surface area (Å²) in [7, 11) is 0. The highest BCUT2D eigenvalue weighted by atomic mass is 16.3. The fourth-order valence-electron chi connectivity index (χ4n) is 0.893. The van der Waals surface area contributed by atoms with Gasteiger partial charge in [-0.15, -0.1) is 0 Å². The molecule has 0 aliphatic heterocycles. The summed E-state index contributed by atoms with van der Waals surface area (Å²) in [5.74, 6) is 0.868. The summed E-state index contributed by atoms with van der Waals surface area (Å²) in [6.07, 6.45) is 4.80. The summed E-state index contributed by atoms with van der Waals surface area (Å²) >= 11 is 0. The number of rotatable bonds is 4. The van der Waals surface area contributed by atoms with Crippen molar-refractivity contribution in [3.05, 3.63) is 18.4 Å². The lowest BCUT2D eigenvalue weighted by molar-refractivity contribution is -0.118. The monoisotopic (exact) mass is 168 g/mol. The molecule has 0 radical (unpaired) electrons. The third-order valence-corrected chi connectivity index (χ3v) is 1.46. The molecular weight excluding hydrogens is 156 g/mol. The van der Waals surface area contributed by atoms with Gasteiger partial charge in [0.25, 0.3) is 0 Å². The van der Waals surface area contributed by atoms with Crippen LogP contribution in [-0.2, 0) is 11.2 Å². The molecule has 0 aliphatic rings. The van der Waals surface area contributed by atoms with Crippen molar-refractivity contribution in [2.24, 2.45) is 0 Å². The standard InChI is InChI=1S/C8H12N2O2/c1-7(11)10-4-2-3-8-5-9-6-12-8/h5-6H,2-4H2,1H3,(H,10,11). The first-order valence-electron chi connectivity index (χ1n) is 3.91. The number of aryl methyl sites for hydroxylation is 1. The van der Waals surface area contributed by atoms with Crippen molar-refractivity contribution in [3.8, 4) is 0 Å². The fourth-order valence-corrected chi connectivity index (χ4v) is 0.893. The molecule has 0 saturated carbocycles. The quantitative estimate of drug-likeness (QED) is 0.675. The minimum atomic E-state index is 0.00701. The van der Waals surface area contributed by atoms with Crippen LogP contribution in [0.5, 0.6) is 0 Å². The Kier molecular flexibility index (Phi) is 3.32. The Morgan fingerprint density at radius 3 is 3.17 bits per heavy atom. The second-order valence-electron chi connectivity index (χ2n) is 2.55. The Morgan fingerprint density at radius 2 is 2.58 bits per heavy atom. The van der Waals surface area contributed by atoms with Crippen LogP contribution in [0.4, 0.5) is 0 Å². The molecule has 1 N–H and O–H groups in total. The molecule has 1 amide bonds. The molecule has 1 aromatic heterocycles. The number of nitrogens with one attached hydrogen (secondary N) is 1. The number of carbonyl (C=O) groups excluding carboxylic acids is 1. The fraction of sp³-hybridized carbons (Fsp3) is 0.500. The molecule has 0 aliphatic carbocycles. The molecule has 0 spiro atoms. The van der Waals surface area contributed by atoms with E-state index in [1.807, 2.05) is 0 Å². The highest BCUT2D eigenvalue weighted by Gasteiger charge is 1.96. The Bertz CT molecular complexity index is 231. The second-order valence-corrected chi connectivity index (χ2v) is 2.55. The highest BCUT2D eigenvalue weighted by Crippen LogP contribution is 1.99. The third-order valence-electron chi connectivity index (χ3n) is 1.46. The Balaban J connectivity index is 2.07. The van der Waals surface area contributed by atoms with Crippen LogP contribution in [0.2, 0.25) is 0 Å². The lowest BCUT2D eigenvalue weighted by atomic mass is 10.2. The first kappa shape index (κ1) is 8.77. The van der Waals surface area contributed by atoms with Crippen molar-refractivity contribution < 1.29 is 9.21 Å². The van der Waals surface area contributed by atoms with E-state index in [0.29, 0.717) is 6.54 Å². The largest absolute Gasteiger partial charge is 0.449 e. The summed E-state index contributed by atoms with van der Waals surface area (Å²) in [6.45, 7) is 2.20. The van der Waals surface area contributed by atoms with E-state index < -0.39 is 0 Å². The minimum Gasteiger partial charge on any atom is -0.449 e. The molecule has 4 nitrogen and oxygen atoms in total. The van der Waals surface area contributed by atoms with Gasteiger partial charge in [-0.05, 0) is 6.42 Å². The molecule has 0 atom stereocenters. The van der Waals surface area contributed by atoms with Crippen molar-refractivity contribution in [2.75, 3.05) is 6.54 Å². The number of amides is 1. The van der Waals surface area contributed by atoms with Crippen LogP contribution in [0.15, 0.2) is 17.0 Å². The Hall–Kier alpha value is -1.32. The van der Waals surface area contributed by atoms with Crippen LogP contribution in [0, 0.1) is 0 Å². The van der Waals surface area contributed by atoms with Gasteiger partial charge in [-0.2, -0.15) is 0 Å². The average Bonchev–Trinajstić information content (AvgIpc) is 2.49. The van der Waals surface area contributed by atoms with Crippen molar-refractivity contribution in [2.45, 2.75) is 19.8 Å². The van der Waals surface area contributed by atoms with Gasteiger partial charge < -0.3 is 9.73 Å². The lowest BCUT2D eigenvalue weighted by Gasteiger charge is -1.98. The van der Waals surface area contributed by atoms with Gasteiger partial charge in [-0.1, -0.05) is 0 Å². The van der Waals surface area contributed by atoms with Gasteiger partial charge in [0, 0.05) is 19.9 Å². The molecule has 12 heavy (non-hydrogen) atoms. The minimum absolute atomic E-state index is 0.00701. The first-order valence-corrected chi connectivity index (χ1v) is 3.91.